The van der Waals surface area contributed by atoms with E-state index in [4.69, 9.17) is 4.74 Å². The summed E-state index contributed by atoms with van der Waals surface area (Å²) in [6, 6.07) is 16.0. The van der Waals surface area contributed by atoms with Gasteiger partial charge in [-0.2, -0.15) is 0 Å². The Hall–Kier alpha value is -2.82. The van der Waals surface area contributed by atoms with Crippen LogP contribution < -0.4 is 15.2 Å². The predicted octanol–water partition coefficient (Wildman–Crippen LogP) is 1.63. The van der Waals surface area contributed by atoms with Crippen LogP contribution in [0.4, 0.5) is 5.69 Å². The minimum absolute atomic E-state index is 0.136. The second-order valence-electron chi connectivity index (χ2n) is 5.19. The fourth-order valence-electron chi connectivity index (χ4n) is 2.25. The Morgan fingerprint density at radius 2 is 1.74 bits per heavy atom. The number of hydrogen-bond acceptors (Lipinski definition) is 4. The average Bonchev–Trinajstić information content (AvgIpc) is 2.56. The summed E-state index contributed by atoms with van der Waals surface area (Å²) in [6.07, 6.45) is 0.127. The Kier molecular flexibility index (Phi) is 5.74. The van der Waals surface area contributed by atoms with E-state index in [0.29, 0.717) is 11.4 Å². The molecule has 2 aromatic rings. The molecular formula is C18H18NO4-. The third kappa shape index (κ3) is 5.14. The molecule has 0 bridgehead atoms. The second-order valence-corrected chi connectivity index (χ2v) is 5.19. The lowest BCUT2D eigenvalue weighted by Gasteiger charge is -2.18. The van der Waals surface area contributed by atoms with Crippen molar-refractivity contribution in [2.75, 3.05) is 12.4 Å². The normalized spacial score (nSPS) is 11.5. The van der Waals surface area contributed by atoms with Crippen molar-refractivity contribution in [1.82, 2.24) is 0 Å². The van der Waals surface area contributed by atoms with Crippen LogP contribution in [0.15, 0.2) is 54.6 Å². The third-order valence-corrected chi connectivity index (χ3v) is 3.46. The smallest absolute Gasteiger partial charge is 0.225 e. The molecule has 2 rings (SSSR count). The molecule has 0 aliphatic rings. The Morgan fingerprint density at radius 3 is 2.30 bits per heavy atom. The summed E-state index contributed by atoms with van der Waals surface area (Å²) >= 11 is 0. The highest BCUT2D eigenvalue weighted by atomic mass is 16.5. The van der Waals surface area contributed by atoms with Gasteiger partial charge in [-0.3, -0.25) is 4.79 Å². The largest absolute Gasteiger partial charge is 0.550 e. The zero-order valence-electron chi connectivity index (χ0n) is 12.8. The van der Waals surface area contributed by atoms with E-state index in [0.717, 1.165) is 5.56 Å². The van der Waals surface area contributed by atoms with Crippen molar-refractivity contribution in [2.45, 2.75) is 12.8 Å². The maximum absolute atomic E-state index is 12.0. The number of anilines is 1. The number of aliphatic carboxylic acids is 1. The van der Waals surface area contributed by atoms with E-state index in [1.165, 1.54) is 0 Å². The summed E-state index contributed by atoms with van der Waals surface area (Å²) in [7, 11) is 1.56. The molecular weight excluding hydrogens is 294 g/mol. The van der Waals surface area contributed by atoms with Crippen molar-refractivity contribution in [1.29, 1.82) is 0 Å². The number of ether oxygens (including phenoxy) is 1. The number of benzene rings is 2. The molecule has 0 aromatic heterocycles. The molecule has 0 spiro atoms. The zero-order chi connectivity index (χ0) is 16.7. The molecule has 0 saturated heterocycles. The van der Waals surface area contributed by atoms with Crippen LogP contribution in [-0.4, -0.2) is 19.0 Å². The number of carboxylic acids is 1. The number of carbonyl (C=O) groups excluding carboxylic acids is 2. The lowest BCUT2D eigenvalue weighted by molar-refractivity contribution is -0.311. The van der Waals surface area contributed by atoms with Crippen LogP contribution in [0, 0.1) is 5.92 Å². The Balaban J connectivity index is 1.96. The quantitative estimate of drug-likeness (QED) is 0.843. The number of hydrogen-bond donors (Lipinski definition) is 1. The highest BCUT2D eigenvalue weighted by Gasteiger charge is 2.16. The Labute approximate surface area is 134 Å². The van der Waals surface area contributed by atoms with Crippen LogP contribution >= 0.6 is 0 Å². The molecule has 2 aromatic carbocycles. The molecule has 0 unspecified atom stereocenters. The van der Waals surface area contributed by atoms with E-state index >= 15 is 0 Å². The van der Waals surface area contributed by atoms with Crippen molar-refractivity contribution >= 4 is 17.6 Å². The third-order valence-electron chi connectivity index (χ3n) is 3.46. The van der Waals surface area contributed by atoms with Gasteiger partial charge in [0.1, 0.15) is 5.75 Å². The van der Waals surface area contributed by atoms with E-state index in [1.54, 1.807) is 31.4 Å². The van der Waals surface area contributed by atoms with Gasteiger partial charge in [0.05, 0.1) is 7.11 Å². The van der Waals surface area contributed by atoms with Crippen LogP contribution in [0.1, 0.15) is 12.0 Å². The summed E-state index contributed by atoms with van der Waals surface area (Å²) in [5, 5.41) is 13.9. The topological polar surface area (TPSA) is 78.5 Å². The van der Waals surface area contributed by atoms with Gasteiger partial charge in [0, 0.05) is 24.0 Å². The summed E-state index contributed by atoms with van der Waals surface area (Å²) in [4.78, 5) is 23.3. The number of carbonyl (C=O) groups is 2. The lowest BCUT2D eigenvalue weighted by atomic mass is 9.96. The molecule has 5 nitrogen and oxygen atoms in total. The summed E-state index contributed by atoms with van der Waals surface area (Å²) in [5.74, 6) is -1.77. The number of carboxylic acid groups (broad SMARTS) is 1. The monoisotopic (exact) mass is 312 g/mol. The number of rotatable bonds is 7. The maximum Gasteiger partial charge on any atom is 0.225 e. The van der Waals surface area contributed by atoms with Gasteiger partial charge < -0.3 is 20.0 Å². The number of amides is 1. The van der Waals surface area contributed by atoms with Crippen molar-refractivity contribution in [3.63, 3.8) is 0 Å². The summed E-state index contributed by atoms with van der Waals surface area (Å²) in [6.45, 7) is 0. The van der Waals surface area contributed by atoms with Gasteiger partial charge >= 0.3 is 0 Å². The Bertz CT molecular complexity index is 652. The molecule has 0 fully saturated rings. The van der Waals surface area contributed by atoms with Crippen LogP contribution in [0.3, 0.4) is 0 Å². The molecule has 1 N–H and O–H groups in total. The second kappa shape index (κ2) is 7.98. The minimum atomic E-state index is -1.22. The molecule has 0 radical (unpaired) electrons. The van der Waals surface area contributed by atoms with E-state index in [9.17, 15) is 14.7 Å². The summed E-state index contributed by atoms with van der Waals surface area (Å²) in [5.41, 5.74) is 1.45. The molecule has 23 heavy (non-hydrogen) atoms. The molecule has 0 heterocycles. The average molecular weight is 312 g/mol. The summed E-state index contributed by atoms with van der Waals surface area (Å²) < 4.78 is 5.04. The number of methoxy groups -OCH3 is 1. The lowest BCUT2D eigenvalue weighted by Crippen LogP contribution is -2.35. The molecule has 5 heteroatoms. The van der Waals surface area contributed by atoms with Gasteiger partial charge in [0.2, 0.25) is 5.91 Å². The fourth-order valence-corrected chi connectivity index (χ4v) is 2.25. The molecule has 0 saturated carbocycles. The van der Waals surface area contributed by atoms with Crippen LogP contribution in [0.5, 0.6) is 5.75 Å². The standard InChI is InChI=1S/C18H19NO4/c1-23-16-9-7-15(8-10-16)19-17(20)12-14(18(21)22)11-13-5-3-2-4-6-13/h2-10,14H,11-12H2,1H3,(H,19,20)(H,21,22)/p-1/t14-/m0/s1. The van der Waals surface area contributed by atoms with Crippen molar-refractivity contribution in [3.05, 3.63) is 60.2 Å². The molecule has 120 valence electrons. The first-order valence-corrected chi connectivity index (χ1v) is 7.27. The van der Waals surface area contributed by atoms with Gasteiger partial charge in [-0.15, -0.1) is 0 Å². The molecule has 1 atom stereocenters. The van der Waals surface area contributed by atoms with Gasteiger partial charge in [0.25, 0.3) is 0 Å². The van der Waals surface area contributed by atoms with E-state index in [-0.39, 0.29) is 18.7 Å². The van der Waals surface area contributed by atoms with E-state index in [1.807, 2.05) is 30.3 Å². The molecule has 0 aliphatic carbocycles. The van der Waals surface area contributed by atoms with Crippen LogP contribution in [0.2, 0.25) is 0 Å². The van der Waals surface area contributed by atoms with Gasteiger partial charge in [0.15, 0.2) is 0 Å². The fraction of sp³-hybridized carbons (Fsp3) is 0.222. The minimum Gasteiger partial charge on any atom is -0.550 e. The number of nitrogens with one attached hydrogen (secondary N) is 1. The first kappa shape index (κ1) is 16.5. The Morgan fingerprint density at radius 1 is 1.09 bits per heavy atom. The van der Waals surface area contributed by atoms with Crippen molar-refractivity contribution in [2.24, 2.45) is 5.92 Å². The van der Waals surface area contributed by atoms with Crippen LogP contribution in [-0.2, 0) is 16.0 Å². The van der Waals surface area contributed by atoms with Gasteiger partial charge in [-0.05, 0) is 36.2 Å². The van der Waals surface area contributed by atoms with Gasteiger partial charge in [-0.1, -0.05) is 30.3 Å². The van der Waals surface area contributed by atoms with E-state index in [2.05, 4.69) is 5.32 Å². The highest BCUT2D eigenvalue weighted by Crippen LogP contribution is 2.17. The first-order valence-electron chi connectivity index (χ1n) is 7.27. The highest BCUT2D eigenvalue weighted by molar-refractivity contribution is 5.93. The van der Waals surface area contributed by atoms with Crippen molar-refractivity contribution in [3.8, 4) is 5.75 Å². The van der Waals surface area contributed by atoms with Gasteiger partial charge in [-0.25, -0.2) is 0 Å². The molecule has 0 aliphatic heterocycles. The zero-order valence-corrected chi connectivity index (χ0v) is 12.8. The van der Waals surface area contributed by atoms with E-state index < -0.39 is 11.9 Å². The maximum atomic E-state index is 12.0. The SMILES string of the molecule is COc1ccc(NC(=O)C[C@H](Cc2ccccc2)C(=O)[O-])cc1. The first-order chi connectivity index (χ1) is 11.1. The predicted molar refractivity (Wildman–Crippen MR) is 84.9 cm³/mol. The molecule has 1 amide bonds. The van der Waals surface area contributed by atoms with Crippen molar-refractivity contribution < 1.29 is 19.4 Å². The van der Waals surface area contributed by atoms with Crippen LogP contribution in [0.25, 0.3) is 0 Å².